The van der Waals surface area contributed by atoms with Crippen molar-refractivity contribution < 1.29 is 14.3 Å². The van der Waals surface area contributed by atoms with E-state index in [4.69, 9.17) is 16.3 Å². The van der Waals surface area contributed by atoms with Gasteiger partial charge in [-0.2, -0.15) is 0 Å². The standard InChI is InChI=1S/C22H27ClN2O3S/c1-28-18-4-2-17(3-5-18)15-25-12-10-16(11-13-25)14-24-22(27)9-6-19(26)20-7-8-21(23)29-20/h2-5,7-8,16H,6,9-15H2,1H3,(H,24,27). The monoisotopic (exact) mass is 434 g/mol. The van der Waals surface area contributed by atoms with Gasteiger partial charge in [-0.25, -0.2) is 0 Å². The average molecular weight is 435 g/mol. The molecule has 1 aliphatic rings. The number of ketones is 1. The van der Waals surface area contributed by atoms with Gasteiger partial charge >= 0.3 is 0 Å². The van der Waals surface area contributed by atoms with Gasteiger partial charge in [-0.15, -0.1) is 11.3 Å². The Balaban J connectivity index is 1.32. The van der Waals surface area contributed by atoms with Gasteiger partial charge < -0.3 is 10.1 Å². The van der Waals surface area contributed by atoms with Gasteiger partial charge in [0.15, 0.2) is 5.78 Å². The van der Waals surface area contributed by atoms with Gasteiger partial charge in [0.05, 0.1) is 16.3 Å². The number of hydrogen-bond donors (Lipinski definition) is 1. The zero-order valence-electron chi connectivity index (χ0n) is 16.7. The molecule has 1 N–H and O–H groups in total. The summed E-state index contributed by atoms with van der Waals surface area (Å²) in [6.07, 6.45) is 2.60. The molecule has 0 aliphatic carbocycles. The number of nitrogens with zero attached hydrogens (tertiary/aromatic N) is 1. The number of halogens is 1. The van der Waals surface area contributed by atoms with E-state index in [1.807, 2.05) is 12.1 Å². The van der Waals surface area contributed by atoms with Crippen LogP contribution in [-0.2, 0) is 11.3 Å². The number of carbonyl (C=O) groups excluding carboxylic acids is 2. The van der Waals surface area contributed by atoms with E-state index in [1.54, 1.807) is 19.2 Å². The van der Waals surface area contributed by atoms with Crippen molar-refractivity contribution in [1.82, 2.24) is 10.2 Å². The molecule has 1 amide bonds. The summed E-state index contributed by atoms with van der Waals surface area (Å²) < 4.78 is 5.80. The molecule has 7 heteroatoms. The molecule has 1 aromatic heterocycles. The van der Waals surface area contributed by atoms with Crippen molar-refractivity contribution in [2.24, 2.45) is 5.92 Å². The molecule has 156 valence electrons. The predicted octanol–water partition coefficient (Wildman–Crippen LogP) is 4.40. The molecule has 0 unspecified atom stereocenters. The number of carbonyl (C=O) groups is 2. The Morgan fingerprint density at radius 1 is 1.14 bits per heavy atom. The highest BCUT2D eigenvalue weighted by Crippen LogP contribution is 2.23. The highest BCUT2D eigenvalue weighted by molar-refractivity contribution is 7.18. The third-order valence-electron chi connectivity index (χ3n) is 5.29. The van der Waals surface area contributed by atoms with Gasteiger partial charge in [-0.3, -0.25) is 14.5 Å². The smallest absolute Gasteiger partial charge is 0.220 e. The zero-order valence-corrected chi connectivity index (χ0v) is 18.2. The lowest BCUT2D eigenvalue weighted by Gasteiger charge is -2.32. The number of thiophene rings is 1. The fourth-order valence-corrected chi connectivity index (χ4v) is 4.51. The zero-order chi connectivity index (χ0) is 20.6. The molecule has 2 heterocycles. The molecule has 1 aliphatic heterocycles. The van der Waals surface area contributed by atoms with E-state index in [2.05, 4.69) is 22.3 Å². The molecule has 2 aromatic rings. The van der Waals surface area contributed by atoms with Crippen molar-refractivity contribution in [3.05, 3.63) is 51.2 Å². The fraction of sp³-hybridized carbons (Fsp3) is 0.455. The van der Waals surface area contributed by atoms with Gasteiger partial charge in [-0.05, 0) is 61.7 Å². The topological polar surface area (TPSA) is 58.6 Å². The number of likely N-dealkylation sites (tertiary alicyclic amines) is 1. The maximum absolute atomic E-state index is 12.1. The summed E-state index contributed by atoms with van der Waals surface area (Å²) in [5.74, 6) is 1.30. The molecule has 0 spiro atoms. The minimum Gasteiger partial charge on any atom is -0.497 e. The lowest BCUT2D eigenvalue weighted by atomic mass is 9.96. The van der Waals surface area contributed by atoms with Gasteiger partial charge in [0.2, 0.25) is 5.91 Å². The summed E-state index contributed by atoms with van der Waals surface area (Å²) in [7, 11) is 1.68. The number of Topliss-reactive ketones (excluding diaryl/α,β-unsaturated/α-hetero) is 1. The van der Waals surface area contributed by atoms with E-state index in [-0.39, 0.29) is 24.5 Å². The minimum absolute atomic E-state index is 0.0242. The molecule has 1 aromatic carbocycles. The van der Waals surface area contributed by atoms with Crippen LogP contribution in [-0.4, -0.2) is 43.3 Å². The summed E-state index contributed by atoms with van der Waals surface area (Å²) in [6.45, 7) is 3.69. The molecule has 0 atom stereocenters. The summed E-state index contributed by atoms with van der Waals surface area (Å²) in [4.78, 5) is 27.2. The Kier molecular flexibility index (Phi) is 8.09. The third kappa shape index (κ3) is 6.84. The van der Waals surface area contributed by atoms with Crippen molar-refractivity contribution in [2.75, 3.05) is 26.7 Å². The van der Waals surface area contributed by atoms with E-state index in [0.717, 1.165) is 38.2 Å². The first-order chi connectivity index (χ1) is 14.0. The summed E-state index contributed by atoms with van der Waals surface area (Å²) in [5.41, 5.74) is 1.29. The molecular formula is C22H27ClN2O3S. The van der Waals surface area contributed by atoms with Crippen molar-refractivity contribution in [3.63, 3.8) is 0 Å². The second-order valence-electron chi connectivity index (χ2n) is 7.40. The first-order valence-electron chi connectivity index (χ1n) is 9.94. The number of ether oxygens (including phenoxy) is 1. The van der Waals surface area contributed by atoms with Crippen LogP contribution in [0.15, 0.2) is 36.4 Å². The largest absolute Gasteiger partial charge is 0.497 e. The van der Waals surface area contributed by atoms with Crippen LogP contribution >= 0.6 is 22.9 Å². The Hall–Kier alpha value is -1.89. The van der Waals surface area contributed by atoms with E-state index >= 15 is 0 Å². The molecule has 1 fully saturated rings. The predicted molar refractivity (Wildman–Crippen MR) is 117 cm³/mol. The van der Waals surface area contributed by atoms with Crippen molar-refractivity contribution in [1.29, 1.82) is 0 Å². The van der Waals surface area contributed by atoms with Crippen molar-refractivity contribution in [3.8, 4) is 5.75 Å². The van der Waals surface area contributed by atoms with E-state index in [9.17, 15) is 9.59 Å². The first-order valence-corrected chi connectivity index (χ1v) is 11.1. The molecule has 3 rings (SSSR count). The molecule has 29 heavy (non-hydrogen) atoms. The number of methoxy groups -OCH3 is 1. The van der Waals surface area contributed by atoms with Crippen LogP contribution in [0.25, 0.3) is 0 Å². The number of benzene rings is 1. The second kappa shape index (κ2) is 10.8. The lowest BCUT2D eigenvalue weighted by Crippen LogP contribution is -2.38. The van der Waals surface area contributed by atoms with Crippen LogP contribution in [0.2, 0.25) is 4.34 Å². The molecule has 5 nitrogen and oxygen atoms in total. The van der Waals surface area contributed by atoms with Crippen LogP contribution < -0.4 is 10.1 Å². The Morgan fingerprint density at radius 2 is 1.86 bits per heavy atom. The minimum atomic E-state index is -0.0540. The fourth-order valence-electron chi connectivity index (χ4n) is 3.50. The quantitative estimate of drug-likeness (QED) is 0.594. The number of rotatable bonds is 9. The van der Waals surface area contributed by atoms with Gasteiger partial charge in [-0.1, -0.05) is 23.7 Å². The molecule has 1 saturated heterocycles. The Morgan fingerprint density at radius 3 is 2.48 bits per heavy atom. The molecule has 0 bridgehead atoms. The highest BCUT2D eigenvalue weighted by Gasteiger charge is 2.20. The summed E-state index contributed by atoms with van der Waals surface area (Å²) >= 11 is 7.11. The maximum atomic E-state index is 12.1. The molecular weight excluding hydrogens is 408 g/mol. The summed E-state index contributed by atoms with van der Waals surface area (Å²) in [5, 5.41) is 3.00. The van der Waals surface area contributed by atoms with Crippen LogP contribution in [0.3, 0.4) is 0 Å². The normalized spacial score (nSPS) is 15.2. The van der Waals surface area contributed by atoms with Crippen molar-refractivity contribution in [2.45, 2.75) is 32.2 Å². The van der Waals surface area contributed by atoms with Gasteiger partial charge in [0, 0.05) is 25.9 Å². The van der Waals surface area contributed by atoms with E-state index in [1.165, 1.54) is 16.9 Å². The SMILES string of the molecule is COc1ccc(CN2CCC(CNC(=O)CCC(=O)c3ccc(Cl)s3)CC2)cc1. The Labute approximate surface area is 181 Å². The number of amides is 1. The molecule has 0 saturated carbocycles. The lowest BCUT2D eigenvalue weighted by molar-refractivity contribution is -0.121. The highest BCUT2D eigenvalue weighted by atomic mass is 35.5. The number of hydrogen-bond acceptors (Lipinski definition) is 5. The second-order valence-corrected chi connectivity index (χ2v) is 9.11. The van der Waals surface area contributed by atoms with E-state index < -0.39 is 0 Å². The van der Waals surface area contributed by atoms with Crippen LogP contribution in [0, 0.1) is 5.92 Å². The third-order valence-corrected chi connectivity index (χ3v) is 6.56. The van der Waals surface area contributed by atoms with Gasteiger partial charge in [0.25, 0.3) is 0 Å². The average Bonchev–Trinajstić information content (AvgIpc) is 3.18. The van der Waals surface area contributed by atoms with Crippen LogP contribution in [0.5, 0.6) is 5.75 Å². The van der Waals surface area contributed by atoms with Crippen LogP contribution in [0.4, 0.5) is 0 Å². The first kappa shape index (κ1) is 21.8. The summed E-state index contributed by atoms with van der Waals surface area (Å²) in [6, 6.07) is 11.6. The van der Waals surface area contributed by atoms with Crippen LogP contribution in [0.1, 0.15) is 40.9 Å². The Bertz CT molecular complexity index is 814. The van der Waals surface area contributed by atoms with Gasteiger partial charge in [0.1, 0.15) is 5.75 Å². The van der Waals surface area contributed by atoms with E-state index in [0.29, 0.717) is 21.7 Å². The molecule has 0 radical (unpaired) electrons. The van der Waals surface area contributed by atoms with Crippen molar-refractivity contribution >= 4 is 34.6 Å². The number of nitrogens with one attached hydrogen (secondary N) is 1. The maximum Gasteiger partial charge on any atom is 0.220 e. The number of piperidine rings is 1.